The van der Waals surface area contributed by atoms with Crippen LogP contribution in [0.4, 0.5) is 8.78 Å². The molecule has 5 nitrogen and oxygen atoms in total. The van der Waals surface area contributed by atoms with Gasteiger partial charge in [0, 0.05) is 24.7 Å². The maximum absolute atomic E-state index is 14.5. The minimum atomic E-state index is -0.690. The highest BCUT2D eigenvalue weighted by Gasteiger charge is 2.27. The van der Waals surface area contributed by atoms with E-state index < -0.39 is 11.6 Å². The lowest BCUT2D eigenvalue weighted by Crippen LogP contribution is -1.99. The predicted molar refractivity (Wildman–Crippen MR) is 92.9 cm³/mol. The van der Waals surface area contributed by atoms with Crippen molar-refractivity contribution in [3.8, 4) is 22.8 Å². The lowest BCUT2D eigenvalue weighted by molar-refractivity contribution is 0.603. The summed E-state index contributed by atoms with van der Waals surface area (Å²) in [5.41, 5.74) is 1.66. The molecule has 26 heavy (non-hydrogen) atoms. The summed E-state index contributed by atoms with van der Waals surface area (Å²) >= 11 is 5.69. The van der Waals surface area contributed by atoms with Crippen molar-refractivity contribution in [2.24, 2.45) is 0 Å². The lowest BCUT2D eigenvalue weighted by Gasteiger charge is -2.06. The number of benzene rings is 1. The van der Waals surface area contributed by atoms with E-state index in [1.807, 2.05) is 22.8 Å². The third kappa shape index (κ3) is 2.24. The molecular formula is C18H12ClF2N5. The monoisotopic (exact) mass is 371 g/mol. The summed E-state index contributed by atoms with van der Waals surface area (Å²) in [4.78, 5) is 9.10. The van der Waals surface area contributed by atoms with Gasteiger partial charge in [-0.25, -0.2) is 23.3 Å². The first-order chi connectivity index (χ1) is 12.6. The van der Waals surface area contributed by atoms with Gasteiger partial charge in [-0.15, -0.1) is 5.10 Å². The molecule has 0 amide bonds. The van der Waals surface area contributed by atoms with Gasteiger partial charge < -0.3 is 4.57 Å². The minimum Gasteiger partial charge on any atom is -0.325 e. The number of nitrogens with zero attached hydrogens (tertiary/aromatic N) is 5. The van der Waals surface area contributed by atoms with E-state index in [2.05, 4.69) is 15.1 Å². The molecule has 0 bridgehead atoms. The molecule has 0 saturated carbocycles. The quantitative estimate of drug-likeness (QED) is 0.498. The Hall–Kier alpha value is -2.80. The predicted octanol–water partition coefficient (Wildman–Crippen LogP) is 4.14. The molecule has 5 rings (SSSR count). The number of halogens is 3. The summed E-state index contributed by atoms with van der Waals surface area (Å²) in [6.07, 6.45) is 3.51. The maximum atomic E-state index is 14.5. The fraction of sp³-hybridized carbons (Fsp3) is 0.167. The largest absolute Gasteiger partial charge is 0.325 e. The van der Waals surface area contributed by atoms with Crippen molar-refractivity contribution in [3.63, 3.8) is 0 Å². The summed E-state index contributed by atoms with van der Waals surface area (Å²) in [6, 6.07) is 7.59. The van der Waals surface area contributed by atoms with Gasteiger partial charge in [0.25, 0.3) is 0 Å². The van der Waals surface area contributed by atoms with Crippen LogP contribution in [0.1, 0.15) is 12.2 Å². The van der Waals surface area contributed by atoms with E-state index in [1.165, 1.54) is 0 Å². The molecule has 0 atom stereocenters. The van der Waals surface area contributed by atoms with Crippen LogP contribution in [-0.4, -0.2) is 24.1 Å². The van der Waals surface area contributed by atoms with Crippen LogP contribution in [0.3, 0.4) is 0 Å². The zero-order valence-corrected chi connectivity index (χ0v) is 14.2. The van der Waals surface area contributed by atoms with Crippen LogP contribution in [0, 0.1) is 11.6 Å². The smallest absolute Gasteiger partial charge is 0.201 e. The molecule has 3 aromatic heterocycles. The molecule has 0 radical (unpaired) electrons. The molecule has 130 valence electrons. The summed E-state index contributed by atoms with van der Waals surface area (Å²) in [5.74, 6) is -0.0615. The van der Waals surface area contributed by atoms with Gasteiger partial charge in [-0.2, -0.15) is 0 Å². The Labute approximate surface area is 151 Å². The Bertz CT molecular complexity index is 1130. The average molecular weight is 372 g/mol. The van der Waals surface area contributed by atoms with Gasteiger partial charge in [0.1, 0.15) is 28.8 Å². The average Bonchev–Trinajstić information content (AvgIpc) is 3.30. The Morgan fingerprint density at radius 2 is 1.96 bits per heavy atom. The fourth-order valence-corrected chi connectivity index (χ4v) is 3.53. The number of aromatic nitrogens is 5. The Kier molecular flexibility index (Phi) is 3.33. The molecule has 0 N–H and O–H groups in total. The van der Waals surface area contributed by atoms with Gasteiger partial charge in [0.15, 0.2) is 5.65 Å². The standard InChI is InChI=1S/C18H12ClF2N5/c19-11-9-12(20)10(8-13(11)21)16-17(25-6-3-5-14(25)22-16)18-23-15-4-1-2-7-26(15)24-18/h1-2,4,7-9H,3,5-6H2. The van der Waals surface area contributed by atoms with E-state index in [4.69, 9.17) is 11.6 Å². The van der Waals surface area contributed by atoms with Gasteiger partial charge >= 0.3 is 0 Å². The van der Waals surface area contributed by atoms with Gasteiger partial charge in [0.05, 0.1) is 5.02 Å². The van der Waals surface area contributed by atoms with E-state index in [0.717, 1.165) is 37.3 Å². The molecule has 0 saturated heterocycles. The van der Waals surface area contributed by atoms with Crippen LogP contribution >= 0.6 is 11.6 Å². The minimum absolute atomic E-state index is 0.0580. The van der Waals surface area contributed by atoms with Crippen LogP contribution < -0.4 is 0 Å². The van der Waals surface area contributed by atoms with Gasteiger partial charge in [-0.05, 0) is 30.7 Å². The number of imidazole rings is 1. The van der Waals surface area contributed by atoms with Crippen LogP contribution in [0.2, 0.25) is 5.02 Å². The molecule has 1 aromatic carbocycles. The number of hydrogen-bond acceptors (Lipinski definition) is 3. The molecule has 0 spiro atoms. The first kappa shape index (κ1) is 15.5. The van der Waals surface area contributed by atoms with Gasteiger partial charge in [0.2, 0.25) is 5.82 Å². The number of hydrogen-bond donors (Lipinski definition) is 0. The molecule has 8 heteroatoms. The Morgan fingerprint density at radius 1 is 1.08 bits per heavy atom. The van der Waals surface area contributed by atoms with Crippen molar-refractivity contribution >= 4 is 17.2 Å². The van der Waals surface area contributed by atoms with Crippen LogP contribution in [-0.2, 0) is 13.0 Å². The molecule has 0 aliphatic carbocycles. The van der Waals surface area contributed by atoms with Crippen molar-refractivity contribution < 1.29 is 8.78 Å². The number of pyridine rings is 1. The van der Waals surface area contributed by atoms with Gasteiger partial charge in [-0.1, -0.05) is 17.7 Å². The first-order valence-corrected chi connectivity index (χ1v) is 8.56. The highest BCUT2D eigenvalue weighted by molar-refractivity contribution is 6.30. The Balaban J connectivity index is 1.79. The fourth-order valence-electron chi connectivity index (χ4n) is 3.38. The van der Waals surface area contributed by atoms with Crippen molar-refractivity contribution in [1.82, 2.24) is 24.1 Å². The van der Waals surface area contributed by atoms with Crippen LogP contribution in [0.5, 0.6) is 0 Å². The van der Waals surface area contributed by atoms with E-state index >= 15 is 0 Å². The molecule has 1 aliphatic heterocycles. The molecular weight excluding hydrogens is 360 g/mol. The first-order valence-electron chi connectivity index (χ1n) is 8.18. The second-order valence-electron chi connectivity index (χ2n) is 6.17. The number of fused-ring (bicyclic) bond motifs is 2. The number of aryl methyl sites for hydroxylation is 1. The van der Waals surface area contributed by atoms with E-state index in [9.17, 15) is 8.78 Å². The summed E-state index contributed by atoms with van der Waals surface area (Å²) in [6.45, 7) is 0.741. The Morgan fingerprint density at radius 3 is 2.81 bits per heavy atom. The van der Waals surface area contributed by atoms with Crippen LogP contribution in [0.25, 0.3) is 28.4 Å². The third-order valence-electron chi connectivity index (χ3n) is 4.55. The highest BCUT2D eigenvalue weighted by Crippen LogP contribution is 2.36. The van der Waals surface area contributed by atoms with Crippen LogP contribution in [0.15, 0.2) is 36.5 Å². The van der Waals surface area contributed by atoms with E-state index in [0.29, 0.717) is 22.9 Å². The molecule has 1 aliphatic rings. The van der Waals surface area contributed by atoms with Crippen molar-refractivity contribution in [1.29, 1.82) is 0 Å². The van der Waals surface area contributed by atoms with Gasteiger partial charge in [-0.3, -0.25) is 0 Å². The molecule has 0 unspecified atom stereocenters. The zero-order chi connectivity index (χ0) is 17.8. The highest BCUT2D eigenvalue weighted by atomic mass is 35.5. The molecule has 0 fully saturated rings. The zero-order valence-electron chi connectivity index (χ0n) is 13.5. The van der Waals surface area contributed by atoms with E-state index in [1.54, 1.807) is 10.7 Å². The van der Waals surface area contributed by atoms with Crippen molar-refractivity contribution in [2.45, 2.75) is 19.4 Å². The third-order valence-corrected chi connectivity index (χ3v) is 4.84. The SMILES string of the molecule is Fc1cc(-c2nc3n(c2-c2nc4ccccn4n2)CCC3)c(F)cc1Cl. The van der Waals surface area contributed by atoms with Crippen molar-refractivity contribution in [2.75, 3.05) is 0 Å². The summed E-state index contributed by atoms with van der Waals surface area (Å²) in [7, 11) is 0. The number of rotatable bonds is 2. The van der Waals surface area contributed by atoms with Crippen molar-refractivity contribution in [3.05, 3.63) is 59.0 Å². The molecule has 4 aromatic rings. The summed E-state index contributed by atoms with van der Waals surface area (Å²) in [5, 5.41) is 4.23. The topological polar surface area (TPSA) is 48.0 Å². The summed E-state index contributed by atoms with van der Waals surface area (Å²) < 4.78 is 32.1. The molecule has 4 heterocycles. The van der Waals surface area contributed by atoms with E-state index in [-0.39, 0.29) is 10.6 Å². The lowest BCUT2D eigenvalue weighted by atomic mass is 10.1. The maximum Gasteiger partial charge on any atom is 0.201 e. The second-order valence-corrected chi connectivity index (χ2v) is 6.57. The normalized spacial score (nSPS) is 13.5. The second kappa shape index (κ2) is 5.60.